The minimum Gasteiger partial charge on any atom is -0.274 e. The average molecular weight is 428 g/mol. The van der Waals surface area contributed by atoms with Crippen LogP contribution in [0.5, 0.6) is 0 Å². The first-order valence-electron chi connectivity index (χ1n) is 10.6. The van der Waals surface area contributed by atoms with Crippen molar-refractivity contribution in [1.29, 1.82) is 0 Å². The number of aryl methyl sites for hydroxylation is 1. The summed E-state index contributed by atoms with van der Waals surface area (Å²) in [5, 5.41) is 0.555. The van der Waals surface area contributed by atoms with Crippen LogP contribution < -0.4 is 4.90 Å². The number of amides is 2. The van der Waals surface area contributed by atoms with E-state index in [1.165, 1.54) is 4.90 Å². The van der Waals surface area contributed by atoms with Crippen molar-refractivity contribution in [2.75, 3.05) is 4.90 Å². The topological polar surface area (TPSA) is 37.4 Å². The molecule has 3 aromatic carbocycles. The second-order valence-electron chi connectivity index (χ2n) is 9.40. The Morgan fingerprint density at radius 2 is 1.16 bits per heavy atom. The van der Waals surface area contributed by atoms with Crippen LogP contribution in [0.15, 0.2) is 66.7 Å². The number of carbonyl (C=O) groups is 2. The van der Waals surface area contributed by atoms with Crippen LogP contribution in [-0.2, 0) is 20.4 Å². The standard InChI is InChI=1S/C27H22ClNO2/c1-15-12-13-16(14-21(15)28)29-24(30)22-23(25(29)31)27(3)19-10-6-4-8-17(19)26(22,2)18-9-5-7-11-20(18)27/h4-14,22-23H,1-3H3/t22-,23-,26?,27?/m0/s1. The molecule has 4 aliphatic rings. The fraction of sp³-hybridized carbons (Fsp3) is 0.259. The van der Waals surface area contributed by atoms with E-state index >= 15 is 0 Å². The smallest absolute Gasteiger partial charge is 0.238 e. The summed E-state index contributed by atoms with van der Waals surface area (Å²) < 4.78 is 0. The second-order valence-corrected chi connectivity index (χ2v) is 9.80. The first kappa shape index (κ1) is 18.8. The van der Waals surface area contributed by atoms with Crippen molar-refractivity contribution in [3.63, 3.8) is 0 Å². The van der Waals surface area contributed by atoms with Crippen LogP contribution in [0.25, 0.3) is 0 Å². The zero-order valence-electron chi connectivity index (χ0n) is 17.6. The van der Waals surface area contributed by atoms with Gasteiger partial charge < -0.3 is 0 Å². The lowest BCUT2D eigenvalue weighted by Crippen LogP contribution is -2.59. The van der Waals surface area contributed by atoms with E-state index in [2.05, 4.69) is 38.1 Å². The van der Waals surface area contributed by atoms with Crippen molar-refractivity contribution in [3.05, 3.63) is 99.6 Å². The Kier molecular flexibility index (Phi) is 3.56. The third kappa shape index (κ3) is 2.01. The first-order chi connectivity index (χ1) is 14.8. The number of carbonyl (C=O) groups excluding carboxylic acids is 2. The fourth-order valence-corrected chi connectivity index (χ4v) is 6.72. The third-order valence-corrected chi connectivity index (χ3v) is 8.46. The van der Waals surface area contributed by atoms with E-state index in [1.807, 2.05) is 43.3 Å². The van der Waals surface area contributed by atoms with Crippen LogP contribution in [0, 0.1) is 18.8 Å². The number of hydrogen-bond acceptors (Lipinski definition) is 2. The van der Waals surface area contributed by atoms with Crippen LogP contribution in [0.1, 0.15) is 41.7 Å². The maximum absolute atomic E-state index is 14.0. The van der Waals surface area contributed by atoms with Gasteiger partial charge in [-0.15, -0.1) is 0 Å². The average Bonchev–Trinajstić information content (AvgIpc) is 3.05. The molecule has 2 amide bonds. The Labute approximate surface area is 186 Å². The molecule has 0 N–H and O–H groups in total. The summed E-state index contributed by atoms with van der Waals surface area (Å²) in [5.41, 5.74) is 4.96. The van der Waals surface area contributed by atoms with E-state index in [-0.39, 0.29) is 11.8 Å². The van der Waals surface area contributed by atoms with Gasteiger partial charge in [0.1, 0.15) is 0 Å². The fourth-order valence-electron chi connectivity index (χ4n) is 6.55. The molecule has 1 aliphatic heterocycles. The molecule has 154 valence electrons. The largest absolute Gasteiger partial charge is 0.274 e. The zero-order valence-corrected chi connectivity index (χ0v) is 18.4. The normalized spacial score (nSPS) is 30.3. The molecule has 0 aromatic heterocycles. The van der Waals surface area contributed by atoms with E-state index in [9.17, 15) is 9.59 Å². The Morgan fingerprint density at radius 3 is 1.55 bits per heavy atom. The maximum atomic E-state index is 14.0. The number of nitrogens with zero attached hydrogens (tertiary/aromatic N) is 1. The lowest BCUT2D eigenvalue weighted by molar-refractivity contribution is -0.124. The van der Waals surface area contributed by atoms with Gasteiger partial charge in [-0.25, -0.2) is 4.90 Å². The molecule has 1 saturated heterocycles. The summed E-state index contributed by atoms with van der Waals surface area (Å²) in [6, 6.07) is 22.1. The first-order valence-corrected chi connectivity index (χ1v) is 11.0. The molecule has 31 heavy (non-hydrogen) atoms. The van der Waals surface area contributed by atoms with E-state index in [4.69, 9.17) is 11.6 Å². The molecule has 0 radical (unpaired) electrons. The monoisotopic (exact) mass is 427 g/mol. The Balaban J connectivity index is 1.65. The number of hydrogen-bond donors (Lipinski definition) is 0. The maximum Gasteiger partial charge on any atom is 0.238 e. The molecule has 3 nitrogen and oxygen atoms in total. The Hall–Kier alpha value is -2.91. The minimum absolute atomic E-state index is 0.132. The number of benzene rings is 3. The number of imide groups is 1. The molecule has 0 unspecified atom stereocenters. The van der Waals surface area contributed by atoms with Gasteiger partial charge in [0.25, 0.3) is 0 Å². The number of halogens is 1. The molecule has 1 heterocycles. The predicted molar refractivity (Wildman–Crippen MR) is 121 cm³/mol. The molecule has 2 bridgehead atoms. The van der Waals surface area contributed by atoms with Crippen molar-refractivity contribution >= 4 is 29.1 Å². The van der Waals surface area contributed by atoms with Crippen LogP contribution in [0.4, 0.5) is 5.69 Å². The summed E-state index contributed by atoms with van der Waals surface area (Å²) in [6.45, 7) is 6.19. The van der Waals surface area contributed by atoms with Gasteiger partial charge >= 0.3 is 0 Å². The highest BCUT2D eigenvalue weighted by atomic mass is 35.5. The summed E-state index contributed by atoms with van der Waals surface area (Å²) >= 11 is 6.36. The van der Waals surface area contributed by atoms with Gasteiger partial charge in [-0.05, 0) is 46.9 Å². The van der Waals surface area contributed by atoms with Gasteiger partial charge in [0.2, 0.25) is 11.8 Å². The van der Waals surface area contributed by atoms with Crippen molar-refractivity contribution in [1.82, 2.24) is 0 Å². The van der Waals surface area contributed by atoms with Crippen LogP contribution in [0.3, 0.4) is 0 Å². The van der Waals surface area contributed by atoms with Crippen molar-refractivity contribution in [2.24, 2.45) is 11.8 Å². The highest BCUT2D eigenvalue weighted by Crippen LogP contribution is 2.66. The summed E-state index contributed by atoms with van der Waals surface area (Å²) in [4.78, 5) is 29.3. The number of anilines is 1. The van der Waals surface area contributed by atoms with Crippen LogP contribution in [-0.4, -0.2) is 11.8 Å². The van der Waals surface area contributed by atoms with Gasteiger partial charge in [0, 0.05) is 15.9 Å². The Bertz CT molecular complexity index is 1190. The molecule has 1 fully saturated rings. The third-order valence-electron chi connectivity index (χ3n) is 8.06. The van der Waals surface area contributed by atoms with Gasteiger partial charge in [0.15, 0.2) is 0 Å². The van der Waals surface area contributed by atoms with E-state index in [1.54, 1.807) is 6.07 Å². The molecule has 3 aromatic rings. The summed E-state index contributed by atoms with van der Waals surface area (Å²) in [5.74, 6) is -1.16. The van der Waals surface area contributed by atoms with Crippen LogP contribution in [0.2, 0.25) is 5.02 Å². The van der Waals surface area contributed by atoms with Gasteiger partial charge in [0.05, 0.1) is 17.5 Å². The van der Waals surface area contributed by atoms with E-state index in [0.29, 0.717) is 10.7 Å². The highest BCUT2D eigenvalue weighted by Gasteiger charge is 2.70. The summed E-state index contributed by atoms with van der Waals surface area (Å²) in [6.07, 6.45) is 0. The molecule has 4 heteroatoms. The summed E-state index contributed by atoms with van der Waals surface area (Å²) in [7, 11) is 0. The molecule has 0 saturated carbocycles. The van der Waals surface area contributed by atoms with E-state index in [0.717, 1.165) is 27.8 Å². The highest BCUT2D eigenvalue weighted by molar-refractivity contribution is 6.32. The van der Waals surface area contributed by atoms with E-state index < -0.39 is 22.7 Å². The molecule has 2 atom stereocenters. The number of rotatable bonds is 1. The lowest BCUT2D eigenvalue weighted by Gasteiger charge is -2.57. The SMILES string of the molecule is Cc1ccc(N2C(=O)[C@@H]3[C@@H](C2=O)C2(C)c4ccccc4C3(C)c3ccccc32)cc1Cl. The van der Waals surface area contributed by atoms with Gasteiger partial charge in [-0.3, -0.25) is 9.59 Å². The zero-order chi connectivity index (χ0) is 21.7. The minimum atomic E-state index is -0.564. The molecule has 3 aliphatic carbocycles. The quantitative estimate of drug-likeness (QED) is 0.488. The lowest BCUT2D eigenvalue weighted by atomic mass is 9.42. The van der Waals surface area contributed by atoms with Crippen molar-refractivity contribution in [2.45, 2.75) is 31.6 Å². The Morgan fingerprint density at radius 1 is 0.742 bits per heavy atom. The predicted octanol–water partition coefficient (Wildman–Crippen LogP) is 5.39. The van der Waals surface area contributed by atoms with Crippen molar-refractivity contribution in [3.8, 4) is 0 Å². The molecule has 7 rings (SSSR count). The molecule has 0 spiro atoms. The van der Waals surface area contributed by atoms with Gasteiger partial charge in [-0.1, -0.05) is 80.0 Å². The van der Waals surface area contributed by atoms with Crippen molar-refractivity contribution < 1.29 is 9.59 Å². The molecular weight excluding hydrogens is 406 g/mol. The molecular formula is C27H22ClNO2. The second kappa shape index (κ2) is 5.86. The van der Waals surface area contributed by atoms with Gasteiger partial charge in [-0.2, -0.15) is 0 Å². The van der Waals surface area contributed by atoms with Crippen LogP contribution >= 0.6 is 11.6 Å².